The summed E-state index contributed by atoms with van der Waals surface area (Å²) in [4.78, 5) is 32.0. The number of unbranched alkanes of at least 4 members (excludes halogenated alkanes) is 18. The monoisotopic (exact) mass is 453 g/mol. The molecule has 0 saturated carbocycles. The number of rotatable bonds is 24. The van der Waals surface area contributed by atoms with E-state index >= 15 is 0 Å². The van der Waals surface area contributed by atoms with Crippen LogP contribution >= 0.6 is 0 Å². The third-order valence-electron chi connectivity index (χ3n) is 5.74. The van der Waals surface area contributed by atoms with E-state index in [0.29, 0.717) is 13.0 Å². The topological polar surface area (TPSA) is 104 Å². The van der Waals surface area contributed by atoms with Gasteiger partial charge >= 0.3 is 11.9 Å². The fourth-order valence-corrected chi connectivity index (χ4v) is 3.82. The quantitative estimate of drug-likeness (QED) is 0.112. The largest absolute Gasteiger partial charge is 0.481 e. The van der Waals surface area contributed by atoms with Crippen molar-refractivity contribution in [3.05, 3.63) is 12.2 Å². The Kier molecular flexibility index (Phi) is 22.4. The Labute approximate surface area is 195 Å². The molecule has 1 amide bonds. The Hall–Kier alpha value is -1.85. The van der Waals surface area contributed by atoms with Gasteiger partial charge in [-0.3, -0.25) is 9.59 Å². The number of carbonyl (C=O) groups excluding carboxylic acids is 1. The molecular weight excluding hydrogens is 406 g/mol. The van der Waals surface area contributed by atoms with Gasteiger partial charge in [-0.15, -0.1) is 0 Å². The molecule has 0 aliphatic rings. The van der Waals surface area contributed by atoms with Crippen LogP contribution in [-0.2, 0) is 14.4 Å². The molecule has 6 nitrogen and oxygen atoms in total. The lowest BCUT2D eigenvalue weighted by atomic mass is 10.0. The van der Waals surface area contributed by atoms with E-state index in [1.165, 1.54) is 96.3 Å². The Morgan fingerprint density at radius 3 is 1.19 bits per heavy atom. The molecule has 0 aliphatic heterocycles. The molecule has 0 spiro atoms. The van der Waals surface area contributed by atoms with Gasteiger partial charge in [-0.2, -0.15) is 0 Å². The van der Waals surface area contributed by atoms with Gasteiger partial charge in [0.2, 0.25) is 5.91 Å². The summed E-state index contributed by atoms with van der Waals surface area (Å²) in [5, 5.41) is 19.7. The number of amides is 1. The first-order valence-corrected chi connectivity index (χ1v) is 12.9. The Balaban J connectivity index is 3.13. The zero-order chi connectivity index (χ0) is 23.7. The average molecular weight is 454 g/mol. The number of carbonyl (C=O) groups is 3. The maximum atomic E-state index is 11.3. The van der Waals surface area contributed by atoms with E-state index in [4.69, 9.17) is 10.2 Å². The number of hydrogen-bond acceptors (Lipinski definition) is 3. The lowest BCUT2D eigenvalue weighted by Gasteiger charge is -2.04. The van der Waals surface area contributed by atoms with Crippen molar-refractivity contribution in [3.8, 4) is 0 Å². The van der Waals surface area contributed by atoms with Crippen molar-refractivity contribution >= 4 is 17.8 Å². The van der Waals surface area contributed by atoms with Crippen LogP contribution in [0.25, 0.3) is 0 Å². The second kappa shape index (κ2) is 23.8. The van der Waals surface area contributed by atoms with Gasteiger partial charge in [0.15, 0.2) is 0 Å². The summed E-state index contributed by atoms with van der Waals surface area (Å²) in [6, 6.07) is 0. The third-order valence-corrected chi connectivity index (χ3v) is 5.74. The zero-order valence-corrected chi connectivity index (χ0v) is 20.1. The first-order valence-electron chi connectivity index (χ1n) is 12.9. The molecule has 0 saturated heterocycles. The SMILES string of the molecule is O=C(O)C=CC(=O)NCCCCCCCCCCCCCCCCCCCCCC(=O)O. The molecule has 186 valence electrons. The summed E-state index contributed by atoms with van der Waals surface area (Å²) < 4.78 is 0. The van der Waals surface area contributed by atoms with Crippen molar-refractivity contribution < 1.29 is 24.6 Å². The molecule has 32 heavy (non-hydrogen) atoms. The van der Waals surface area contributed by atoms with E-state index < -0.39 is 11.9 Å². The summed E-state index contributed by atoms with van der Waals surface area (Å²) in [6.07, 6.45) is 25.8. The molecule has 0 aromatic carbocycles. The zero-order valence-electron chi connectivity index (χ0n) is 20.1. The van der Waals surface area contributed by atoms with Crippen molar-refractivity contribution in [2.75, 3.05) is 6.54 Å². The highest BCUT2D eigenvalue weighted by Crippen LogP contribution is 2.14. The second-order valence-corrected chi connectivity index (χ2v) is 8.82. The fourth-order valence-electron chi connectivity index (χ4n) is 3.82. The number of carboxylic acid groups (broad SMARTS) is 2. The first-order chi connectivity index (χ1) is 15.5. The van der Waals surface area contributed by atoms with E-state index in [-0.39, 0.29) is 5.91 Å². The predicted molar refractivity (Wildman–Crippen MR) is 130 cm³/mol. The number of nitrogens with one attached hydrogen (secondary N) is 1. The molecule has 0 aromatic rings. The summed E-state index contributed by atoms with van der Waals surface area (Å²) in [5.41, 5.74) is 0. The van der Waals surface area contributed by atoms with Gasteiger partial charge in [-0.25, -0.2) is 4.79 Å². The summed E-state index contributed by atoms with van der Waals surface area (Å²) in [5.74, 6) is -2.12. The van der Waals surface area contributed by atoms with Gasteiger partial charge in [0, 0.05) is 25.1 Å². The van der Waals surface area contributed by atoms with E-state index in [1.54, 1.807) is 0 Å². The lowest BCUT2D eigenvalue weighted by Crippen LogP contribution is -2.22. The average Bonchev–Trinajstić information content (AvgIpc) is 2.75. The molecular formula is C26H47NO5. The van der Waals surface area contributed by atoms with Crippen molar-refractivity contribution in [1.82, 2.24) is 5.32 Å². The molecule has 0 unspecified atom stereocenters. The van der Waals surface area contributed by atoms with Crippen molar-refractivity contribution in [2.45, 2.75) is 128 Å². The van der Waals surface area contributed by atoms with Crippen LogP contribution in [0.15, 0.2) is 12.2 Å². The van der Waals surface area contributed by atoms with Gasteiger partial charge in [0.1, 0.15) is 0 Å². The maximum absolute atomic E-state index is 11.3. The van der Waals surface area contributed by atoms with Crippen LogP contribution in [0, 0.1) is 0 Å². The van der Waals surface area contributed by atoms with Crippen molar-refractivity contribution in [1.29, 1.82) is 0 Å². The Morgan fingerprint density at radius 2 is 0.844 bits per heavy atom. The van der Waals surface area contributed by atoms with Crippen LogP contribution in [0.4, 0.5) is 0 Å². The van der Waals surface area contributed by atoms with Crippen molar-refractivity contribution in [3.63, 3.8) is 0 Å². The van der Waals surface area contributed by atoms with Crippen LogP contribution in [0.5, 0.6) is 0 Å². The van der Waals surface area contributed by atoms with E-state index in [9.17, 15) is 14.4 Å². The van der Waals surface area contributed by atoms with Gasteiger partial charge in [0.05, 0.1) is 0 Å². The van der Waals surface area contributed by atoms with Gasteiger partial charge in [-0.05, 0) is 12.8 Å². The Bertz CT molecular complexity index is 504. The standard InChI is InChI=1S/C26H47NO5/c28-24(21-22-26(31)32)27-23-19-17-15-13-11-9-7-5-3-1-2-4-6-8-10-12-14-16-18-20-25(29)30/h21-22H,1-20,23H2,(H,27,28)(H,29,30)(H,31,32). The van der Waals surface area contributed by atoms with E-state index in [2.05, 4.69) is 5.32 Å². The first kappa shape index (κ1) is 30.1. The highest BCUT2D eigenvalue weighted by molar-refractivity contribution is 5.93. The van der Waals surface area contributed by atoms with Crippen LogP contribution in [0.3, 0.4) is 0 Å². The minimum absolute atomic E-state index is 0.320. The molecule has 0 aromatic heterocycles. The summed E-state index contributed by atoms with van der Waals surface area (Å²) in [7, 11) is 0. The molecule has 0 rings (SSSR count). The van der Waals surface area contributed by atoms with Gasteiger partial charge in [0.25, 0.3) is 0 Å². The van der Waals surface area contributed by atoms with E-state index in [1.807, 2.05) is 0 Å². The van der Waals surface area contributed by atoms with Crippen LogP contribution in [-0.4, -0.2) is 34.6 Å². The molecule has 0 radical (unpaired) electrons. The normalized spacial score (nSPS) is 11.1. The minimum Gasteiger partial charge on any atom is -0.481 e. The predicted octanol–water partition coefficient (Wildman–Crippen LogP) is 6.63. The molecule has 0 atom stereocenters. The molecule has 3 N–H and O–H groups in total. The second-order valence-electron chi connectivity index (χ2n) is 8.82. The van der Waals surface area contributed by atoms with Crippen molar-refractivity contribution in [2.24, 2.45) is 0 Å². The number of hydrogen-bond donors (Lipinski definition) is 3. The van der Waals surface area contributed by atoms with Gasteiger partial charge in [-0.1, -0.05) is 109 Å². The summed E-state index contributed by atoms with van der Waals surface area (Å²) in [6.45, 7) is 0.609. The van der Waals surface area contributed by atoms with Crippen LogP contribution < -0.4 is 5.32 Å². The van der Waals surface area contributed by atoms with Crippen LogP contribution in [0.1, 0.15) is 128 Å². The van der Waals surface area contributed by atoms with Gasteiger partial charge < -0.3 is 15.5 Å². The molecule has 0 fully saturated rings. The molecule has 0 bridgehead atoms. The highest BCUT2D eigenvalue weighted by atomic mass is 16.4. The fraction of sp³-hybridized carbons (Fsp3) is 0.808. The van der Waals surface area contributed by atoms with E-state index in [0.717, 1.165) is 37.8 Å². The summed E-state index contributed by atoms with van der Waals surface area (Å²) >= 11 is 0. The highest BCUT2D eigenvalue weighted by Gasteiger charge is 1.98. The third kappa shape index (κ3) is 26.2. The minimum atomic E-state index is -1.11. The molecule has 0 aliphatic carbocycles. The van der Waals surface area contributed by atoms with Crippen LogP contribution in [0.2, 0.25) is 0 Å². The number of aliphatic carboxylic acids is 2. The Morgan fingerprint density at radius 1 is 0.500 bits per heavy atom. The molecule has 6 heteroatoms. The number of carboxylic acids is 2. The lowest BCUT2D eigenvalue weighted by molar-refractivity contribution is -0.137. The smallest absolute Gasteiger partial charge is 0.328 e. The molecule has 0 heterocycles. The maximum Gasteiger partial charge on any atom is 0.328 e.